The summed E-state index contributed by atoms with van der Waals surface area (Å²) in [5, 5.41) is 16.0. The van der Waals surface area contributed by atoms with E-state index in [-0.39, 0.29) is 12.3 Å². The number of methoxy groups -OCH3 is 1. The van der Waals surface area contributed by atoms with E-state index in [2.05, 4.69) is 10.4 Å². The van der Waals surface area contributed by atoms with Crippen LogP contribution in [0, 0.1) is 6.92 Å². The van der Waals surface area contributed by atoms with E-state index in [0.717, 1.165) is 5.69 Å². The molecule has 0 aliphatic carbocycles. The van der Waals surface area contributed by atoms with E-state index in [9.17, 15) is 9.59 Å². The Hall–Kier alpha value is -2.83. The van der Waals surface area contributed by atoms with Gasteiger partial charge in [0, 0.05) is 7.05 Å². The molecule has 0 fully saturated rings. The molecule has 2 rings (SSSR count). The molecule has 23 heavy (non-hydrogen) atoms. The van der Waals surface area contributed by atoms with Crippen molar-refractivity contribution in [2.45, 2.75) is 19.4 Å². The Morgan fingerprint density at radius 3 is 2.48 bits per heavy atom. The number of aliphatic carboxylic acids is 1. The fourth-order valence-electron chi connectivity index (χ4n) is 2.32. The number of amides is 1. The van der Waals surface area contributed by atoms with Crippen LogP contribution in [0.3, 0.4) is 0 Å². The van der Waals surface area contributed by atoms with Crippen LogP contribution in [0.4, 0.5) is 0 Å². The summed E-state index contributed by atoms with van der Waals surface area (Å²) in [6, 6.07) is 7.94. The first-order chi connectivity index (χ1) is 10.9. The Labute approximate surface area is 133 Å². The Bertz CT molecular complexity index is 707. The third-order valence-corrected chi connectivity index (χ3v) is 3.44. The second kappa shape index (κ2) is 6.95. The van der Waals surface area contributed by atoms with E-state index in [1.54, 1.807) is 51.4 Å². The SMILES string of the molecule is COc1ccc([C@H](CC(=O)O)NC(=O)c2cc(C)nn2C)cc1. The maximum absolute atomic E-state index is 12.4. The second-order valence-corrected chi connectivity index (χ2v) is 5.19. The van der Waals surface area contributed by atoms with Gasteiger partial charge in [-0.3, -0.25) is 14.3 Å². The quantitative estimate of drug-likeness (QED) is 0.845. The van der Waals surface area contributed by atoms with Gasteiger partial charge in [0.05, 0.1) is 25.3 Å². The zero-order chi connectivity index (χ0) is 17.0. The van der Waals surface area contributed by atoms with Crippen molar-refractivity contribution in [3.63, 3.8) is 0 Å². The molecule has 1 heterocycles. The van der Waals surface area contributed by atoms with Gasteiger partial charge in [0.1, 0.15) is 11.4 Å². The Kier molecular flexibility index (Phi) is 5.00. The standard InChI is InChI=1S/C16H19N3O4/c1-10-8-14(19(2)18-10)16(22)17-13(9-15(20)21)11-4-6-12(23-3)7-5-11/h4-8,13H,9H2,1-3H3,(H,17,22)(H,20,21)/t13-/m0/s1. The average Bonchev–Trinajstić information content (AvgIpc) is 2.85. The van der Waals surface area contributed by atoms with Gasteiger partial charge in [-0.2, -0.15) is 5.10 Å². The fourth-order valence-corrected chi connectivity index (χ4v) is 2.32. The fraction of sp³-hybridized carbons (Fsp3) is 0.312. The van der Waals surface area contributed by atoms with Gasteiger partial charge in [0.2, 0.25) is 0 Å². The number of aryl methyl sites for hydroxylation is 2. The molecule has 0 saturated carbocycles. The van der Waals surface area contributed by atoms with Crippen molar-refractivity contribution >= 4 is 11.9 Å². The molecule has 0 saturated heterocycles. The monoisotopic (exact) mass is 317 g/mol. The topological polar surface area (TPSA) is 93.4 Å². The van der Waals surface area contributed by atoms with E-state index in [0.29, 0.717) is 17.0 Å². The van der Waals surface area contributed by atoms with Gasteiger partial charge in [-0.1, -0.05) is 12.1 Å². The maximum Gasteiger partial charge on any atom is 0.305 e. The van der Waals surface area contributed by atoms with E-state index in [1.165, 1.54) is 4.68 Å². The molecule has 1 aromatic heterocycles. The number of nitrogens with zero attached hydrogens (tertiary/aromatic N) is 2. The summed E-state index contributed by atoms with van der Waals surface area (Å²) < 4.78 is 6.55. The van der Waals surface area contributed by atoms with E-state index >= 15 is 0 Å². The summed E-state index contributed by atoms with van der Waals surface area (Å²) in [6.07, 6.45) is -0.213. The molecule has 2 aromatic rings. The zero-order valence-corrected chi connectivity index (χ0v) is 13.2. The summed E-state index contributed by atoms with van der Waals surface area (Å²) in [4.78, 5) is 23.5. The lowest BCUT2D eigenvalue weighted by Crippen LogP contribution is -2.31. The van der Waals surface area contributed by atoms with Crippen LogP contribution in [0.25, 0.3) is 0 Å². The lowest BCUT2D eigenvalue weighted by Gasteiger charge is -2.17. The number of carbonyl (C=O) groups is 2. The average molecular weight is 317 g/mol. The van der Waals surface area contributed by atoms with Gasteiger partial charge in [-0.05, 0) is 30.7 Å². The molecule has 0 unspecified atom stereocenters. The van der Waals surface area contributed by atoms with E-state index < -0.39 is 12.0 Å². The van der Waals surface area contributed by atoms with Crippen molar-refractivity contribution < 1.29 is 19.4 Å². The number of ether oxygens (including phenoxy) is 1. The molecule has 0 bridgehead atoms. The number of aromatic nitrogens is 2. The number of hydrogen-bond donors (Lipinski definition) is 2. The van der Waals surface area contributed by atoms with E-state index in [4.69, 9.17) is 9.84 Å². The first-order valence-electron chi connectivity index (χ1n) is 7.08. The van der Waals surface area contributed by atoms with Crippen LogP contribution in [0.1, 0.15) is 34.2 Å². The lowest BCUT2D eigenvalue weighted by atomic mass is 10.0. The molecule has 7 heteroatoms. The summed E-state index contributed by atoms with van der Waals surface area (Å²) in [5.41, 5.74) is 1.80. The smallest absolute Gasteiger partial charge is 0.305 e. The predicted octanol–water partition coefficient (Wildman–Crippen LogP) is 1.68. The van der Waals surface area contributed by atoms with Gasteiger partial charge in [0.25, 0.3) is 5.91 Å². The third-order valence-electron chi connectivity index (χ3n) is 3.44. The molecule has 0 spiro atoms. The van der Waals surface area contributed by atoms with Crippen molar-refractivity contribution in [3.05, 3.63) is 47.3 Å². The van der Waals surface area contributed by atoms with Gasteiger partial charge >= 0.3 is 5.97 Å². The predicted molar refractivity (Wildman–Crippen MR) is 83.4 cm³/mol. The summed E-state index contributed by atoms with van der Waals surface area (Å²) in [7, 11) is 3.22. The molecule has 0 radical (unpaired) electrons. The van der Waals surface area contributed by atoms with Crippen molar-refractivity contribution in [2.24, 2.45) is 7.05 Å². The van der Waals surface area contributed by atoms with Crippen LogP contribution in [0.5, 0.6) is 5.75 Å². The van der Waals surface area contributed by atoms with Gasteiger partial charge in [-0.25, -0.2) is 0 Å². The normalized spacial score (nSPS) is 11.8. The first kappa shape index (κ1) is 16.5. The van der Waals surface area contributed by atoms with Crippen LogP contribution < -0.4 is 10.1 Å². The molecule has 0 aliphatic rings. The van der Waals surface area contributed by atoms with Crippen LogP contribution in [0.15, 0.2) is 30.3 Å². The van der Waals surface area contributed by atoms with Crippen LogP contribution in [-0.2, 0) is 11.8 Å². The highest BCUT2D eigenvalue weighted by Crippen LogP contribution is 2.21. The van der Waals surface area contributed by atoms with E-state index in [1.807, 2.05) is 0 Å². The highest BCUT2D eigenvalue weighted by atomic mass is 16.5. The number of carboxylic acid groups (broad SMARTS) is 1. The van der Waals surface area contributed by atoms with Gasteiger partial charge < -0.3 is 15.2 Å². The summed E-state index contributed by atoms with van der Waals surface area (Å²) in [6.45, 7) is 1.79. The second-order valence-electron chi connectivity index (χ2n) is 5.19. The summed E-state index contributed by atoms with van der Waals surface area (Å²) >= 11 is 0. The van der Waals surface area contributed by atoms with Crippen molar-refractivity contribution in [1.82, 2.24) is 15.1 Å². The molecule has 1 atom stereocenters. The first-order valence-corrected chi connectivity index (χ1v) is 7.08. The number of benzene rings is 1. The highest BCUT2D eigenvalue weighted by molar-refractivity contribution is 5.93. The molecule has 7 nitrogen and oxygen atoms in total. The van der Waals surface area contributed by atoms with Crippen molar-refractivity contribution in [2.75, 3.05) is 7.11 Å². The van der Waals surface area contributed by atoms with Crippen LogP contribution >= 0.6 is 0 Å². The Morgan fingerprint density at radius 2 is 2.00 bits per heavy atom. The number of nitrogens with one attached hydrogen (secondary N) is 1. The largest absolute Gasteiger partial charge is 0.497 e. The van der Waals surface area contributed by atoms with Gasteiger partial charge in [0.15, 0.2) is 0 Å². The molecule has 1 amide bonds. The van der Waals surface area contributed by atoms with Crippen LogP contribution in [-0.4, -0.2) is 33.9 Å². The minimum Gasteiger partial charge on any atom is -0.497 e. The molecular weight excluding hydrogens is 298 g/mol. The molecule has 0 aliphatic heterocycles. The zero-order valence-electron chi connectivity index (χ0n) is 13.2. The number of rotatable bonds is 6. The van der Waals surface area contributed by atoms with Crippen molar-refractivity contribution in [3.8, 4) is 5.75 Å². The maximum atomic E-state index is 12.4. The lowest BCUT2D eigenvalue weighted by molar-refractivity contribution is -0.137. The molecule has 1 aromatic carbocycles. The molecule has 2 N–H and O–H groups in total. The Morgan fingerprint density at radius 1 is 1.35 bits per heavy atom. The third kappa shape index (κ3) is 4.09. The molecule has 122 valence electrons. The summed E-state index contributed by atoms with van der Waals surface area (Å²) in [5.74, 6) is -0.695. The Balaban J connectivity index is 2.22. The number of hydrogen-bond acceptors (Lipinski definition) is 4. The highest BCUT2D eigenvalue weighted by Gasteiger charge is 2.21. The minimum absolute atomic E-state index is 0.213. The number of carboxylic acids is 1. The van der Waals surface area contributed by atoms with Gasteiger partial charge in [-0.15, -0.1) is 0 Å². The number of carbonyl (C=O) groups excluding carboxylic acids is 1. The van der Waals surface area contributed by atoms with Crippen molar-refractivity contribution in [1.29, 1.82) is 0 Å². The van der Waals surface area contributed by atoms with Crippen LogP contribution in [0.2, 0.25) is 0 Å². The minimum atomic E-state index is -0.993. The molecular formula is C16H19N3O4.